The average molecular weight is 441 g/mol. The maximum Gasteiger partial charge on any atom is 0.326 e. The Balaban J connectivity index is 2.92. The molecular formula is C22H40N4O5. The Morgan fingerprint density at radius 2 is 1.39 bits per heavy atom. The zero-order chi connectivity index (χ0) is 23.7. The van der Waals surface area contributed by atoms with Crippen LogP contribution in [0.3, 0.4) is 0 Å². The zero-order valence-corrected chi connectivity index (χ0v) is 19.7. The first-order valence-corrected chi connectivity index (χ1v) is 11.3. The van der Waals surface area contributed by atoms with E-state index in [1.807, 2.05) is 27.7 Å². The quantitative estimate of drug-likeness (QED) is 0.307. The van der Waals surface area contributed by atoms with Gasteiger partial charge in [0, 0.05) is 0 Å². The molecule has 0 aromatic heterocycles. The fraction of sp³-hybridized carbons (Fsp3) is 0.818. The van der Waals surface area contributed by atoms with E-state index < -0.39 is 35.9 Å². The standard InChI is InChI=1S/C22H40N4O5/c1-12(2)10-16(24-19(27)15-8-7-9-23-15)20(28)25-17(11-13(3)4)21(29)26-18(14(5)6)22(30)31/h12-18,23H,7-11H2,1-6H3,(H,24,27)(H,25,28)(H,26,29)(H,30,31). The summed E-state index contributed by atoms with van der Waals surface area (Å²) in [6, 6.07) is -3.00. The third kappa shape index (κ3) is 9.25. The van der Waals surface area contributed by atoms with Crippen molar-refractivity contribution in [2.45, 2.75) is 91.4 Å². The lowest BCUT2D eigenvalue weighted by Crippen LogP contribution is -2.58. The monoisotopic (exact) mass is 440 g/mol. The average Bonchev–Trinajstić information content (AvgIpc) is 3.18. The number of amides is 3. The SMILES string of the molecule is CC(C)CC(NC(=O)C1CCCN1)C(=O)NC(CC(C)C)C(=O)NC(C(=O)O)C(C)C. The summed E-state index contributed by atoms with van der Waals surface area (Å²) in [5.74, 6) is -2.35. The molecule has 0 radical (unpaired) electrons. The Morgan fingerprint density at radius 3 is 1.81 bits per heavy atom. The summed E-state index contributed by atoms with van der Waals surface area (Å²) in [7, 11) is 0. The summed E-state index contributed by atoms with van der Waals surface area (Å²) in [5, 5.41) is 20.6. The van der Waals surface area contributed by atoms with Crippen molar-refractivity contribution in [3.05, 3.63) is 0 Å². The van der Waals surface area contributed by atoms with Crippen LogP contribution in [0.1, 0.15) is 67.2 Å². The molecule has 0 aromatic rings. The highest BCUT2D eigenvalue weighted by Crippen LogP contribution is 2.12. The van der Waals surface area contributed by atoms with Crippen LogP contribution in [0.5, 0.6) is 0 Å². The number of carboxylic acids is 1. The number of aliphatic carboxylic acids is 1. The summed E-state index contributed by atoms with van der Waals surface area (Å²) < 4.78 is 0. The van der Waals surface area contributed by atoms with Gasteiger partial charge >= 0.3 is 5.97 Å². The molecule has 1 saturated heterocycles. The molecule has 0 spiro atoms. The second kappa shape index (κ2) is 12.6. The van der Waals surface area contributed by atoms with Gasteiger partial charge in [0.05, 0.1) is 6.04 Å². The maximum atomic E-state index is 13.0. The van der Waals surface area contributed by atoms with Crippen molar-refractivity contribution in [1.82, 2.24) is 21.3 Å². The van der Waals surface area contributed by atoms with E-state index >= 15 is 0 Å². The number of rotatable bonds is 12. The Kier molecular flexibility index (Phi) is 11.0. The minimum Gasteiger partial charge on any atom is -0.480 e. The summed E-state index contributed by atoms with van der Waals surface area (Å²) in [6.07, 6.45) is 2.43. The molecule has 1 heterocycles. The van der Waals surface area contributed by atoms with Crippen molar-refractivity contribution in [2.75, 3.05) is 6.54 Å². The number of carbonyl (C=O) groups is 4. The highest BCUT2D eigenvalue weighted by Gasteiger charge is 2.32. The third-order valence-corrected chi connectivity index (χ3v) is 5.29. The van der Waals surface area contributed by atoms with E-state index in [4.69, 9.17) is 0 Å². The molecular weight excluding hydrogens is 400 g/mol. The van der Waals surface area contributed by atoms with Crippen molar-refractivity contribution >= 4 is 23.7 Å². The number of hydrogen-bond acceptors (Lipinski definition) is 5. The van der Waals surface area contributed by atoms with Gasteiger partial charge < -0.3 is 26.4 Å². The van der Waals surface area contributed by atoms with E-state index in [0.717, 1.165) is 19.4 Å². The summed E-state index contributed by atoms with van der Waals surface area (Å²) >= 11 is 0. The van der Waals surface area contributed by atoms with Crippen molar-refractivity contribution in [1.29, 1.82) is 0 Å². The van der Waals surface area contributed by atoms with Gasteiger partial charge in [0.15, 0.2) is 0 Å². The third-order valence-electron chi connectivity index (χ3n) is 5.29. The van der Waals surface area contributed by atoms with Crippen molar-refractivity contribution in [2.24, 2.45) is 17.8 Å². The summed E-state index contributed by atoms with van der Waals surface area (Å²) in [5.41, 5.74) is 0. The fourth-order valence-corrected chi connectivity index (χ4v) is 3.63. The maximum absolute atomic E-state index is 13.0. The molecule has 1 rings (SSSR count). The summed E-state index contributed by atoms with van der Waals surface area (Å²) in [4.78, 5) is 49.9. The van der Waals surface area contributed by atoms with Gasteiger partial charge in [0.2, 0.25) is 17.7 Å². The van der Waals surface area contributed by atoms with Crippen molar-refractivity contribution in [3.8, 4) is 0 Å². The van der Waals surface area contributed by atoms with Crippen LogP contribution in [-0.4, -0.2) is 59.5 Å². The van der Waals surface area contributed by atoms with Crippen LogP contribution in [0.4, 0.5) is 0 Å². The Labute approximate surface area is 185 Å². The molecule has 5 N–H and O–H groups in total. The van der Waals surface area contributed by atoms with Crippen molar-refractivity contribution in [3.63, 3.8) is 0 Å². The smallest absolute Gasteiger partial charge is 0.326 e. The predicted octanol–water partition coefficient (Wildman–Crippen LogP) is 1.03. The Bertz CT molecular complexity index is 629. The zero-order valence-electron chi connectivity index (χ0n) is 19.7. The molecule has 3 amide bonds. The van der Waals surface area contributed by atoms with Gasteiger partial charge in [-0.25, -0.2) is 4.79 Å². The minimum absolute atomic E-state index is 0.0965. The van der Waals surface area contributed by atoms with Gasteiger partial charge in [-0.2, -0.15) is 0 Å². The fourth-order valence-electron chi connectivity index (χ4n) is 3.63. The largest absolute Gasteiger partial charge is 0.480 e. The molecule has 178 valence electrons. The highest BCUT2D eigenvalue weighted by molar-refractivity contribution is 5.94. The van der Waals surface area contributed by atoms with Crippen LogP contribution >= 0.6 is 0 Å². The number of hydrogen-bond donors (Lipinski definition) is 5. The molecule has 9 heteroatoms. The second-order valence-electron chi connectivity index (χ2n) is 9.60. The first-order valence-electron chi connectivity index (χ1n) is 11.3. The first-order chi connectivity index (χ1) is 14.4. The Hall–Kier alpha value is -2.16. The second-order valence-corrected chi connectivity index (χ2v) is 9.60. The van der Waals surface area contributed by atoms with Crippen LogP contribution in [0.2, 0.25) is 0 Å². The molecule has 9 nitrogen and oxygen atoms in total. The molecule has 0 bridgehead atoms. The molecule has 1 aliphatic rings. The van der Waals surface area contributed by atoms with E-state index in [-0.39, 0.29) is 29.7 Å². The van der Waals surface area contributed by atoms with E-state index in [1.165, 1.54) is 0 Å². The van der Waals surface area contributed by atoms with Gasteiger partial charge in [-0.05, 0) is 50.0 Å². The molecule has 31 heavy (non-hydrogen) atoms. The molecule has 1 fully saturated rings. The van der Waals surface area contributed by atoms with Crippen LogP contribution < -0.4 is 21.3 Å². The molecule has 0 saturated carbocycles. The lowest BCUT2D eigenvalue weighted by atomic mass is 9.98. The van der Waals surface area contributed by atoms with Crippen LogP contribution in [0.15, 0.2) is 0 Å². The van der Waals surface area contributed by atoms with E-state index in [9.17, 15) is 24.3 Å². The lowest BCUT2D eigenvalue weighted by molar-refractivity contribution is -0.143. The normalized spacial score (nSPS) is 19.2. The number of carboxylic acid groups (broad SMARTS) is 1. The van der Waals surface area contributed by atoms with Gasteiger partial charge in [-0.15, -0.1) is 0 Å². The lowest BCUT2D eigenvalue weighted by Gasteiger charge is -2.27. The molecule has 0 aliphatic carbocycles. The summed E-state index contributed by atoms with van der Waals surface area (Å²) in [6.45, 7) is 11.9. The minimum atomic E-state index is -1.12. The van der Waals surface area contributed by atoms with E-state index in [1.54, 1.807) is 13.8 Å². The topological polar surface area (TPSA) is 137 Å². The van der Waals surface area contributed by atoms with E-state index in [0.29, 0.717) is 12.8 Å². The molecule has 1 aliphatic heterocycles. The van der Waals surface area contributed by atoms with E-state index in [2.05, 4.69) is 21.3 Å². The van der Waals surface area contributed by atoms with Gasteiger partial charge in [-0.1, -0.05) is 41.5 Å². The van der Waals surface area contributed by atoms with Crippen molar-refractivity contribution < 1.29 is 24.3 Å². The van der Waals surface area contributed by atoms with Crippen LogP contribution in [-0.2, 0) is 19.2 Å². The molecule has 4 unspecified atom stereocenters. The van der Waals surface area contributed by atoms with Gasteiger partial charge in [0.1, 0.15) is 18.1 Å². The van der Waals surface area contributed by atoms with Crippen LogP contribution in [0.25, 0.3) is 0 Å². The number of nitrogens with one attached hydrogen (secondary N) is 4. The highest BCUT2D eigenvalue weighted by atomic mass is 16.4. The molecule has 0 aromatic carbocycles. The first kappa shape index (κ1) is 26.9. The van der Waals surface area contributed by atoms with Crippen LogP contribution in [0, 0.1) is 17.8 Å². The predicted molar refractivity (Wildman–Crippen MR) is 118 cm³/mol. The van der Waals surface area contributed by atoms with Gasteiger partial charge in [0.25, 0.3) is 0 Å². The van der Waals surface area contributed by atoms with Gasteiger partial charge in [-0.3, -0.25) is 14.4 Å². The Morgan fingerprint density at radius 1 is 0.871 bits per heavy atom. The molecule has 4 atom stereocenters. The number of carbonyl (C=O) groups excluding carboxylic acids is 3.